The number of hydrogen-bond acceptors (Lipinski definition) is 5. The van der Waals surface area contributed by atoms with E-state index in [1.54, 1.807) is 12.0 Å². The molecule has 1 fully saturated rings. The molecule has 0 saturated carbocycles. The highest BCUT2D eigenvalue weighted by molar-refractivity contribution is 5.91. The van der Waals surface area contributed by atoms with E-state index >= 15 is 0 Å². The first-order chi connectivity index (χ1) is 11.6. The normalized spacial score (nSPS) is 20.8. The second-order valence-corrected chi connectivity index (χ2v) is 6.14. The van der Waals surface area contributed by atoms with Crippen molar-refractivity contribution in [2.75, 3.05) is 26.8 Å². The van der Waals surface area contributed by atoms with Gasteiger partial charge in [-0.3, -0.25) is 4.79 Å². The summed E-state index contributed by atoms with van der Waals surface area (Å²) in [4.78, 5) is 18.0. The second-order valence-electron chi connectivity index (χ2n) is 6.14. The lowest BCUT2D eigenvalue weighted by Gasteiger charge is -2.41. The van der Waals surface area contributed by atoms with Gasteiger partial charge < -0.3 is 18.8 Å². The molecule has 0 N–H and O–H groups in total. The molecule has 0 aliphatic carbocycles. The van der Waals surface area contributed by atoms with Gasteiger partial charge in [-0.2, -0.15) is 0 Å². The number of carbonyl (C=O) groups excluding carboxylic acids is 1. The van der Waals surface area contributed by atoms with Gasteiger partial charge in [-0.15, -0.1) is 0 Å². The number of oxazole rings is 1. The van der Waals surface area contributed by atoms with Crippen LogP contribution in [0.2, 0.25) is 0 Å². The fraction of sp³-hybridized carbons (Fsp3) is 0.444. The topological polar surface area (TPSA) is 64.8 Å². The van der Waals surface area contributed by atoms with Gasteiger partial charge in [0.15, 0.2) is 6.39 Å². The molecule has 1 saturated heterocycles. The van der Waals surface area contributed by atoms with E-state index in [-0.39, 0.29) is 11.7 Å². The van der Waals surface area contributed by atoms with E-state index in [9.17, 15) is 4.79 Å². The Morgan fingerprint density at radius 2 is 2.25 bits per heavy atom. The smallest absolute Gasteiger partial charge is 0.291 e. The Morgan fingerprint density at radius 3 is 2.96 bits per heavy atom. The molecule has 1 unspecified atom stereocenters. The molecule has 6 heteroatoms. The summed E-state index contributed by atoms with van der Waals surface area (Å²) in [5, 5.41) is 0. The van der Waals surface area contributed by atoms with E-state index in [0.717, 1.165) is 24.2 Å². The molecule has 2 aromatic rings. The summed E-state index contributed by atoms with van der Waals surface area (Å²) < 4.78 is 16.9. The lowest BCUT2D eigenvalue weighted by molar-refractivity contribution is -0.0829. The van der Waals surface area contributed by atoms with Crippen LogP contribution < -0.4 is 4.74 Å². The highest BCUT2D eigenvalue weighted by atomic mass is 16.5. The maximum Gasteiger partial charge on any atom is 0.291 e. The van der Waals surface area contributed by atoms with Crippen LogP contribution in [0.1, 0.15) is 29.0 Å². The summed E-state index contributed by atoms with van der Waals surface area (Å²) in [6.45, 7) is 3.55. The number of hydrogen-bond donors (Lipinski definition) is 0. The number of aromatic nitrogens is 1. The fourth-order valence-electron chi connectivity index (χ4n) is 3.02. The minimum Gasteiger partial charge on any atom is -0.490 e. The molecule has 2 heterocycles. The van der Waals surface area contributed by atoms with Crippen LogP contribution in [0, 0.1) is 6.92 Å². The van der Waals surface area contributed by atoms with Gasteiger partial charge in [-0.05, 0) is 31.4 Å². The number of nitrogens with zero attached hydrogens (tertiary/aromatic N) is 2. The Morgan fingerprint density at radius 1 is 1.42 bits per heavy atom. The molecule has 0 spiro atoms. The van der Waals surface area contributed by atoms with Crippen LogP contribution in [0.5, 0.6) is 5.75 Å². The number of para-hydroxylation sites is 1. The van der Waals surface area contributed by atoms with Gasteiger partial charge >= 0.3 is 0 Å². The van der Waals surface area contributed by atoms with Gasteiger partial charge in [-0.1, -0.05) is 18.2 Å². The lowest BCUT2D eigenvalue weighted by Crippen LogP contribution is -2.54. The minimum absolute atomic E-state index is 0.162. The second kappa shape index (κ2) is 7.05. The number of piperidine rings is 1. The number of methoxy groups -OCH3 is 1. The number of likely N-dealkylation sites (tertiary alicyclic amines) is 1. The molecule has 0 bridgehead atoms. The first kappa shape index (κ1) is 16.5. The molecule has 1 aromatic heterocycles. The molecule has 24 heavy (non-hydrogen) atoms. The fourth-order valence-corrected chi connectivity index (χ4v) is 3.02. The van der Waals surface area contributed by atoms with Crippen molar-refractivity contribution < 1.29 is 18.7 Å². The molecule has 1 amide bonds. The maximum absolute atomic E-state index is 12.5. The Bertz CT molecular complexity index is 686. The van der Waals surface area contributed by atoms with Gasteiger partial charge in [0.1, 0.15) is 18.0 Å². The van der Waals surface area contributed by atoms with E-state index in [1.165, 1.54) is 12.6 Å². The van der Waals surface area contributed by atoms with Crippen LogP contribution in [0.25, 0.3) is 0 Å². The number of aryl methyl sites for hydroxylation is 1. The van der Waals surface area contributed by atoms with Crippen molar-refractivity contribution in [3.05, 3.63) is 48.2 Å². The average Bonchev–Trinajstić information content (AvgIpc) is 3.15. The molecule has 1 aliphatic rings. The summed E-state index contributed by atoms with van der Waals surface area (Å²) in [5.74, 6) is 0.929. The van der Waals surface area contributed by atoms with Crippen LogP contribution >= 0.6 is 0 Å². The van der Waals surface area contributed by atoms with Crippen LogP contribution in [-0.2, 0) is 4.74 Å². The van der Waals surface area contributed by atoms with E-state index in [2.05, 4.69) is 4.98 Å². The van der Waals surface area contributed by atoms with Crippen molar-refractivity contribution in [1.29, 1.82) is 0 Å². The number of ether oxygens (including phenoxy) is 2. The molecular weight excluding hydrogens is 308 g/mol. The Hall–Kier alpha value is -2.34. The van der Waals surface area contributed by atoms with Crippen LogP contribution in [0.3, 0.4) is 0 Å². The van der Waals surface area contributed by atoms with Crippen molar-refractivity contribution in [3.8, 4) is 5.75 Å². The van der Waals surface area contributed by atoms with Crippen molar-refractivity contribution in [2.45, 2.75) is 25.4 Å². The number of benzene rings is 1. The standard InChI is InChI=1S/C18H22N2O4/c1-14-6-3-4-7-15(14)23-12-18(22-2)8-5-9-20(11-18)17(21)16-10-19-13-24-16/h3-4,6-7,10,13H,5,8-9,11-12H2,1-2H3. The highest BCUT2D eigenvalue weighted by Gasteiger charge is 2.39. The summed E-state index contributed by atoms with van der Waals surface area (Å²) in [6, 6.07) is 7.88. The van der Waals surface area contributed by atoms with Gasteiger partial charge in [0, 0.05) is 13.7 Å². The molecule has 3 rings (SSSR count). The molecule has 6 nitrogen and oxygen atoms in total. The monoisotopic (exact) mass is 330 g/mol. The first-order valence-corrected chi connectivity index (χ1v) is 8.05. The average molecular weight is 330 g/mol. The van der Waals surface area contributed by atoms with Crippen molar-refractivity contribution in [3.63, 3.8) is 0 Å². The largest absolute Gasteiger partial charge is 0.490 e. The van der Waals surface area contributed by atoms with Gasteiger partial charge in [0.05, 0.1) is 12.7 Å². The van der Waals surface area contributed by atoms with Crippen LogP contribution in [0.4, 0.5) is 0 Å². The molecule has 1 aliphatic heterocycles. The zero-order valence-corrected chi connectivity index (χ0v) is 14.0. The van der Waals surface area contributed by atoms with Crippen molar-refractivity contribution >= 4 is 5.91 Å². The Kier molecular flexibility index (Phi) is 4.85. The zero-order valence-electron chi connectivity index (χ0n) is 14.0. The van der Waals surface area contributed by atoms with E-state index in [1.807, 2.05) is 31.2 Å². The SMILES string of the molecule is COC1(COc2ccccc2C)CCCN(C(=O)c2cnco2)C1. The molecule has 128 valence electrons. The third-order valence-corrected chi connectivity index (χ3v) is 4.49. The number of rotatable bonds is 5. The predicted octanol–water partition coefficient (Wildman–Crippen LogP) is 2.68. The number of amides is 1. The zero-order chi connectivity index (χ0) is 17.0. The van der Waals surface area contributed by atoms with Crippen molar-refractivity contribution in [2.24, 2.45) is 0 Å². The Balaban J connectivity index is 1.69. The summed E-state index contributed by atoms with van der Waals surface area (Å²) in [7, 11) is 1.67. The van der Waals surface area contributed by atoms with E-state index < -0.39 is 5.60 Å². The third kappa shape index (κ3) is 3.43. The Labute approximate surface area is 141 Å². The van der Waals surface area contributed by atoms with Crippen LogP contribution in [-0.4, -0.2) is 48.2 Å². The van der Waals surface area contributed by atoms with E-state index in [4.69, 9.17) is 13.9 Å². The molecule has 1 aromatic carbocycles. The van der Waals surface area contributed by atoms with E-state index in [0.29, 0.717) is 19.7 Å². The maximum atomic E-state index is 12.5. The summed E-state index contributed by atoms with van der Waals surface area (Å²) in [5.41, 5.74) is 0.560. The molecule has 0 radical (unpaired) electrons. The third-order valence-electron chi connectivity index (χ3n) is 4.49. The predicted molar refractivity (Wildman–Crippen MR) is 88.1 cm³/mol. The first-order valence-electron chi connectivity index (χ1n) is 8.05. The highest BCUT2D eigenvalue weighted by Crippen LogP contribution is 2.28. The summed E-state index contributed by atoms with van der Waals surface area (Å²) >= 11 is 0. The minimum atomic E-state index is -0.518. The van der Waals surface area contributed by atoms with Crippen molar-refractivity contribution in [1.82, 2.24) is 9.88 Å². The molecule has 1 atom stereocenters. The lowest BCUT2D eigenvalue weighted by atomic mass is 9.93. The number of carbonyl (C=O) groups is 1. The quantitative estimate of drug-likeness (QED) is 0.843. The molecular formula is C18H22N2O4. The van der Waals surface area contributed by atoms with Crippen LogP contribution in [0.15, 0.2) is 41.3 Å². The van der Waals surface area contributed by atoms with Gasteiger partial charge in [0.2, 0.25) is 5.76 Å². The summed E-state index contributed by atoms with van der Waals surface area (Å²) in [6.07, 6.45) is 4.40. The van der Waals surface area contributed by atoms with Gasteiger partial charge in [0.25, 0.3) is 5.91 Å². The van der Waals surface area contributed by atoms with Gasteiger partial charge in [-0.25, -0.2) is 4.98 Å².